The molecule has 0 aliphatic rings. The molecule has 0 radical (unpaired) electrons. The van der Waals surface area contributed by atoms with Gasteiger partial charge in [0.2, 0.25) is 0 Å². The van der Waals surface area contributed by atoms with Crippen LogP contribution in [0.3, 0.4) is 0 Å². The second-order valence-corrected chi connectivity index (χ2v) is 6.82. The molecule has 19 heavy (non-hydrogen) atoms. The molecule has 0 saturated heterocycles. The molecule has 0 aliphatic heterocycles. The van der Waals surface area contributed by atoms with E-state index in [-0.39, 0.29) is 0 Å². The molecule has 0 bridgehead atoms. The van der Waals surface area contributed by atoms with Crippen molar-refractivity contribution < 1.29 is 8.42 Å². The van der Waals surface area contributed by atoms with Crippen LogP contribution in [0.2, 0.25) is 0 Å². The van der Waals surface area contributed by atoms with Crippen molar-refractivity contribution in [2.24, 2.45) is 0 Å². The average molecular weight is 276 g/mol. The Morgan fingerprint density at radius 2 is 1.89 bits per heavy atom. The molecule has 2 aromatic rings. The summed E-state index contributed by atoms with van der Waals surface area (Å²) in [5, 5.41) is -0.706. The van der Waals surface area contributed by atoms with Gasteiger partial charge in [0.1, 0.15) is 5.25 Å². The van der Waals surface area contributed by atoms with Gasteiger partial charge in [0.15, 0.2) is 9.84 Å². The smallest absolute Gasteiger partial charge is 0.186 e. The fraction of sp³-hybridized carbons (Fsp3) is 0.286. The van der Waals surface area contributed by atoms with Crippen molar-refractivity contribution in [1.29, 1.82) is 0 Å². The van der Waals surface area contributed by atoms with Crippen molar-refractivity contribution in [2.75, 3.05) is 0 Å². The Morgan fingerprint density at radius 1 is 1.16 bits per heavy atom. The van der Waals surface area contributed by atoms with Crippen LogP contribution in [0.15, 0.2) is 41.7 Å². The molecule has 0 aliphatic carbocycles. The van der Waals surface area contributed by atoms with E-state index >= 15 is 0 Å². The minimum atomic E-state index is -3.44. The maximum atomic E-state index is 12.6. The molecule has 1 unspecified atom stereocenters. The molecule has 0 fully saturated rings. The van der Waals surface area contributed by atoms with E-state index in [0.29, 0.717) is 10.6 Å². The highest BCUT2D eigenvalue weighted by atomic mass is 32.2. The molecule has 1 heterocycles. The molecule has 0 spiro atoms. The van der Waals surface area contributed by atoms with Crippen LogP contribution in [0.4, 0.5) is 0 Å². The van der Waals surface area contributed by atoms with Crippen LogP contribution < -0.4 is 0 Å². The molecule has 4 nitrogen and oxygen atoms in total. The molecule has 0 amide bonds. The third-order valence-electron chi connectivity index (χ3n) is 3.10. The number of rotatable bonds is 3. The number of nitrogens with zero attached hydrogens (tertiary/aromatic N) is 2. The second-order valence-electron chi connectivity index (χ2n) is 4.59. The summed E-state index contributed by atoms with van der Waals surface area (Å²) in [5.74, 6) is 0. The maximum absolute atomic E-state index is 12.6. The third kappa shape index (κ3) is 2.66. The van der Waals surface area contributed by atoms with E-state index in [0.717, 1.165) is 11.1 Å². The Kier molecular flexibility index (Phi) is 3.66. The van der Waals surface area contributed by atoms with Crippen LogP contribution in [0.5, 0.6) is 0 Å². The van der Waals surface area contributed by atoms with Gasteiger partial charge in [0.25, 0.3) is 0 Å². The van der Waals surface area contributed by atoms with Crippen molar-refractivity contribution in [1.82, 2.24) is 9.97 Å². The first-order valence-electron chi connectivity index (χ1n) is 6.00. The zero-order chi connectivity index (χ0) is 14.0. The first-order chi connectivity index (χ1) is 8.93. The number of aromatic nitrogens is 2. The minimum Gasteiger partial charge on any atom is -0.261 e. The topological polar surface area (TPSA) is 59.9 Å². The SMILES string of the molecule is Cc1ccc(S(=O)(=O)C(C)c2cnccn2)c(C)c1. The van der Waals surface area contributed by atoms with Crippen LogP contribution in [0.1, 0.15) is 29.0 Å². The molecule has 0 saturated carbocycles. The van der Waals surface area contributed by atoms with E-state index in [4.69, 9.17) is 0 Å². The molecule has 0 N–H and O–H groups in total. The molecule has 5 heteroatoms. The molecule has 1 atom stereocenters. The van der Waals surface area contributed by atoms with Gasteiger partial charge in [-0.05, 0) is 32.4 Å². The highest BCUT2D eigenvalue weighted by Crippen LogP contribution is 2.29. The quantitative estimate of drug-likeness (QED) is 0.864. The van der Waals surface area contributed by atoms with E-state index in [1.165, 1.54) is 18.6 Å². The van der Waals surface area contributed by atoms with E-state index in [1.807, 2.05) is 26.0 Å². The standard InChI is InChI=1S/C14H16N2O2S/c1-10-4-5-14(11(2)8-10)19(17,18)12(3)13-9-15-6-7-16-13/h4-9,12H,1-3H3. The maximum Gasteiger partial charge on any atom is 0.186 e. The Labute approximate surface area is 113 Å². The Balaban J connectivity index is 2.48. The van der Waals surface area contributed by atoms with Gasteiger partial charge in [-0.25, -0.2) is 8.42 Å². The number of aryl methyl sites for hydroxylation is 2. The van der Waals surface area contributed by atoms with E-state index in [2.05, 4.69) is 9.97 Å². The van der Waals surface area contributed by atoms with Gasteiger partial charge < -0.3 is 0 Å². The first kappa shape index (κ1) is 13.7. The molecular weight excluding hydrogens is 260 g/mol. The fourth-order valence-corrected chi connectivity index (χ4v) is 3.57. The number of hydrogen-bond donors (Lipinski definition) is 0. The molecule has 1 aromatic carbocycles. The van der Waals surface area contributed by atoms with E-state index in [9.17, 15) is 8.42 Å². The van der Waals surface area contributed by atoms with Crippen molar-refractivity contribution in [3.63, 3.8) is 0 Å². The van der Waals surface area contributed by atoms with Crippen molar-refractivity contribution in [2.45, 2.75) is 30.9 Å². The third-order valence-corrected chi connectivity index (χ3v) is 5.35. The summed E-state index contributed by atoms with van der Waals surface area (Å²) in [5.41, 5.74) is 2.27. The molecule has 100 valence electrons. The van der Waals surface area contributed by atoms with Crippen LogP contribution in [-0.2, 0) is 9.84 Å². The summed E-state index contributed by atoms with van der Waals surface area (Å²) in [7, 11) is -3.44. The van der Waals surface area contributed by atoms with E-state index in [1.54, 1.807) is 13.0 Å². The lowest BCUT2D eigenvalue weighted by Crippen LogP contribution is -2.13. The average Bonchev–Trinajstić information content (AvgIpc) is 2.38. The summed E-state index contributed by atoms with van der Waals surface area (Å²) < 4.78 is 25.2. The van der Waals surface area contributed by atoms with Gasteiger partial charge in [0.05, 0.1) is 10.6 Å². The Hall–Kier alpha value is -1.75. The summed E-state index contributed by atoms with van der Waals surface area (Å²) in [6.07, 6.45) is 4.52. The van der Waals surface area contributed by atoms with Crippen LogP contribution in [0, 0.1) is 13.8 Å². The zero-order valence-electron chi connectivity index (χ0n) is 11.2. The summed E-state index contributed by atoms with van der Waals surface area (Å²) in [4.78, 5) is 8.36. The van der Waals surface area contributed by atoms with Crippen molar-refractivity contribution in [3.8, 4) is 0 Å². The lowest BCUT2D eigenvalue weighted by Gasteiger charge is -2.14. The van der Waals surface area contributed by atoms with Crippen molar-refractivity contribution >= 4 is 9.84 Å². The molecule has 1 aromatic heterocycles. The van der Waals surface area contributed by atoms with Gasteiger partial charge in [-0.15, -0.1) is 0 Å². The highest BCUT2D eigenvalue weighted by Gasteiger charge is 2.27. The fourth-order valence-electron chi connectivity index (χ4n) is 1.99. The Morgan fingerprint density at radius 3 is 2.47 bits per heavy atom. The predicted molar refractivity (Wildman–Crippen MR) is 73.5 cm³/mol. The summed E-state index contributed by atoms with van der Waals surface area (Å²) in [6, 6.07) is 5.34. The largest absolute Gasteiger partial charge is 0.261 e. The number of hydrogen-bond acceptors (Lipinski definition) is 4. The van der Waals surface area contributed by atoms with Gasteiger partial charge in [-0.3, -0.25) is 9.97 Å². The molecular formula is C14H16N2O2S. The van der Waals surface area contributed by atoms with Crippen LogP contribution in [-0.4, -0.2) is 18.4 Å². The monoisotopic (exact) mass is 276 g/mol. The summed E-state index contributed by atoms with van der Waals surface area (Å²) in [6.45, 7) is 5.39. The van der Waals surface area contributed by atoms with Crippen molar-refractivity contribution in [3.05, 3.63) is 53.6 Å². The van der Waals surface area contributed by atoms with Crippen LogP contribution >= 0.6 is 0 Å². The lowest BCUT2D eigenvalue weighted by molar-refractivity contribution is 0.584. The van der Waals surface area contributed by atoms with Gasteiger partial charge in [-0.2, -0.15) is 0 Å². The molecule has 2 rings (SSSR count). The Bertz CT molecular complexity index is 682. The predicted octanol–water partition coefficient (Wildman–Crippen LogP) is 2.63. The number of sulfone groups is 1. The summed E-state index contributed by atoms with van der Waals surface area (Å²) >= 11 is 0. The first-order valence-corrected chi connectivity index (χ1v) is 7.54. The van der Waals surface area contributed by atoms with Gasteiger partial charge in [0, 0.05) is 18.6 Å². The highest BCUT2D eigenvalue weighted by molar-refractivity contribution is 7.91. The minimum absolute atomic E-state index is 0.358. The van der Waals surface area contributed by atoms with E-state index < -0.39 is 15.1 Å². The second kappa shape index (κ2) is 5.09. The zero-order valence-corrected chi connectivity index (χ0v) is 12.0. The van der Waals surface area contributed by atoms with Gasteiger partial charge >= 0.3 is 0 Å². The lowest BCUT2D eigenvalue weighted by atomic mass is 10.2. The van der Waals surface area contributed by atoms with Gasteiger partial charge in [-0.1, -0.05) is 17.7 Å². The van der Waals surface area contributed by atoms with Crippen LogP contribution in [0.25, 0.3) is 0 Å². The number of benzene rings is 1. The normalized spacial score (nSPS) is 13.2.